The third-order valence-corrected chi connectivity index (χ3v) is 7.26. The Morgan fingerprint density at radius 1 is 0.750 bits per heavy atom. The van der Waals surface area contributed by atoms with Crippen molar-refractivity contribution in [2.75, 3.05) is 13.2 Å². The van der Waals surface area contributed by atoms with Gasteiger partial charge in [-0.15, -0.1) is 0 Å². The molecule has 3 rings (SSSR count). The molecule has 5 nitrogen and oxygen atoms in total. The van der Waals surface area contributed by atoms with Gasteiger partial charge >= 0.3 is 11.9 Å². The number of hydrogen-bond donors (Lipinski definition) is 0. The molecule has 0 amide bonds. The van der Waals surface area contributed by atoms with Crippen molar-refractivity contribution in [3.63, 3.8) is 0 Å². The number of carbonyl (C=O) groups is 2. The highest BCUT2D eigenvalue weighted by atomic mass is 35.5. The lowest BCUT2D eigenvalue weighted by atomic mass is 10.0. The molecule has 0 bridgehead atoms. The Balaban J connectivity index is 1.55. The van der Waals surface area contributed by atoms with E-state index in [1.807, 2.05) is 50.2 Å². The summed E-state index contributed by atoms with van der Waals surface area (Å²) in [4.78, 5) is 25.1. The Morgan fingerprint density at radius 3 is 1.93 bits per heavy atom. The van der Waals surface area contributed by atoms with Crippen LogP contribution in [0.5, 0.6) is 11.5 Å². The number of carbonyl (C=O) groups excluding carboxylic acids is 2. The maximum atomic E-state index is 12.8. The van der Waals surface area contributed by atoms with E-state index in [9.17, 15) is 9.59 Å². The van der Waals surface area contributed by atoms with E-state index in [0.29, 0.717) is 12.2 Å². The van der Waals surface area contributed by atoms with Gasteiger partial charge in [0.25, 0.3) is 0 Å². The maximum Gasteiger partial charge on any atom is 0.343 e. The molecule has 1 atom stereocenters. The molecule has 0 aliphatic rings. The van der Waals surface area contributed by atoms with E-state index in [-0.39, 0.29) is 27.3 Å². The Kier molecular flexibility index (Phi) is 12.8. The van der Waals surface area contributed by atoms with Crippen LogP contribution in [0.25, 0.3) is 11.1 Å². The highest BCUT2D eigenvalue weighted by Crippen LogP contribution is 2.35. The highest BCUT2D eigenvalue weighted by molar-refractivity contribution is 6.38. The minimum atomic E-state index is -0.610. The molecule has 0 aliphatic heterocycles. The fourth-order valence-corrected chi connectivity index (χ4v) is 4.52. The van der Waals surface area contributed by atoms with Crippen molar-refractivity contribution in [1.29, 1.82) is 0 Å². The van der Waals surface area contributed by atoms with E-state index in [1.54, 1.807) is 12.1 Å². The zero-order chi connectivity index (χ0) is 28.9. The third-order valence-electron chi connectivity index (χ3n) is 6.70. The number of esters is 2. The van der Waals surface area contributed by atoms with Crippen molar-refractivity contribution in [2.24, 2.45) is 5.92 Å². The summed E-state index contributed by atoms with van der Waals surface area (Å²) in [5.74, 6) is -0.0565. The fraction of sp³-hybridized carbons (Fsp3) is 0.394. The molecule has 40 heavy (non-hydrogen) atoms. The highest BCUT2D eigenvalue weighted by Gasteiger charge is 2.19. The van der Waals surface area contributed by atoms with E-state index in [2.05, 4.69) is 6.92 Å². The number of unbranched alkanes of at least 4 members (excludes halogenated alkanes) is 5. The number of ether oxygens (including phenoxy) is 3. The minimum Gasteiger partial charge on any atom is -0.494 e. The SMILES string of the molecule is CCCCCCCCOc1ccc(-c2ccc(C(=O)Oc3c(Cl)cc(C(=O)OC[C@@H](C)CC)cc3Cl)cc2)cc1. The minimum absolute atomic E-state index is 0.00701. The normalized spacial score (nSPS) is 11.6. The van der Waals surface area contributed by atoms with Gasteiger partial charge in [0.15, 0.2) is 5.75 Å². The van der Waals surface area contributed by atoms with Gasteiger partial charge in [-0.3, -0.25) is 0 Å². The van der Waals surface area contributed by atoms with Crippen LogP contribution in [-0.4, -0.2) is 25.2 Å². The van der Waals surface area contributed by atoms with Crippen molar-refractivity contribution < 1.29 is 23.8 Å². The van der Waals surface area contributed by atoms with Gasteiger partial charge in [0.1, 0.15) is 5.75 Å². The summed E-state index contributed by atoms with van der Waals surface area (Å²) in [6, 6.07) is 17.8. The summed E-state index contributed by atoms with van der Waals surface area (Å²) in [6.07, 6.45) is 8.28. The van der Waals surface area contributed by atoms with Crippen LogP contribution in [0.1, 0.15) is 86.4 Å². The number of benzene rings is 3. The lowest BCUT2D eigenvalue weighted by Gasteiger charge is -2.12. The van der Waals surface area contributed by atoms with Crippen LogP contribution in [0.3, 0.4) is 0 Å². The van der Waals surface area contributed by atoms with Gasteiger partial charge in [-0.2, -0.15) is 0 Å². The molecule has 0 saturated heterocycles. The molecular formula is C33H38Cl2O5. The summed E-state index contributed by atoms with van der Waals surface area (Å²) < 4.78 is 16.6. The first-order valence-corrected chi connectivity index (χ1v) is 14.8. The van der Waals surface area contributed by atoms with Gasteiger partial charge in [0.05, 0.1) is 34.4 Å². The van der Waals surface area contributed by atoms with E-state index in [4.69, 9.17) is 37.4 Å². The smallest absolute Gasteiger partial charge is 0.343 e. The lowest BCUT2D eigenvalue weighted by Crippen LogP contribution is -2.12. The lowest BCUT2D eigenvalue weighted by molar-refractivity contribution is 0.0447. The molecule has 0 saturated carbocycles. The van der Waals surface area contributed by atoms with Gasteiger partial charge in [-0.25, -0.2) is 9.59 Å². The van der Waals surface area contributed by atoms with Crippen LogP contribution in [0, 0.1) is 5.92 Å². The molecule has 0 aliphatic carbocycles. The quantitative estimate of drug-likeness (QED) is 0.101. The molecule has 0 unspecified atom stereocenters. The first kappa shape index (κ1) is 31.5. The first-order valence-electron chi connectivity index (χ1n) is 14.0. The predicted octanol–water partition coefficient (Wildman–Crippen LogP) is 9.82. The van der Waals surface area contributed by atoms with Crippen molar-refractivity contribution in [3.8, 4) is 22.6 Å². The number of rotatable bonds is 15. The molecule has 0 aromatic heterocycles. The van der Waals surface area contributed by atoms with Crippen LogP contribution in [0.4, 0.5) is 0 Å². The van der Waals surface area contributed by atoms with Crippen LogP contribution in [0.2, 0.25) is 10.0 Å². The van der Waals surface area contributed by atoms with Crippen LogP contribution in [0.15, 0.2) is 60.7 Å². The van der Waals surface area contributed by atoms with Crippen molar-refractivity contribution in [2.45, 2.75) is 65.7 Å². The predicted molar refractivity (Wildman–Crippen MR) is 162 cm³/mol. The van der Waals surface area contributed by atoms with Crippen LogP contribution >= 0.6 is 23.2 Å². The molecule has 0 spiro atoms. The molecule has 0 heterocycles. The molecule has 214 valence electrons. The van der Waals surface area contributed by atoms with Gasteiger partial charge < -0.3 is 14.2 Å². The standard InChI is InChI=1S/C33H38Cl2O5/c1-4-6-7-8-9-10-19-38-28-17-15-25(16-18-28)24-11-13-26(14-12-24)33(37)40-31-29(34)20-27(21-30(31)35)32(36)39-22-23(3)5-2/h11-18,20-21,23H,4-10,19,22H2,1-3H3/t23-/m0/s1. The van der Waals surface area contributed by atoms with Gasteiger partial charge in [-0.1, -0.05) is 107 Å². The number of halogens is 2. The molecule has 7 heteroatoms. The molecule has 0 N–H and O–H groups in total. The summed E-state index contributed by atoms with van der Waals surface area (Å²) in [5, 5.41) is 0.0959. The van der Waals surface area contributed by atoms with Gasteiger partial charge in [0, 0.05) is 0 Å². The van der Waals surface area contributed by atoms with Crippen LogP contribution in [-0.2, 0) is 4.74 Å². The topological polar surface area (TPSA) is 61.8 Å². The van der Waals surface area contributed by atoms with E-state index < -0.39 is 11.9 Å². The van der Waals surface area contributed by atoms with E-state index in [0.717, 1.165) is 36.3 Å². The van der Waals surface area contributed by atoms with Crippen molar-refractivity contribution in [3.05, 3.63) is 81.8 Å². The van der Waals surface area contributed by atoms with E-state index in [1.165, 1.54) is 44.2 Å². The van der Waals surface area contributed by atoms with Crippen molar-refractivity contribution >= 4 is 35.1 Å². The Bertz CT molecular complexity index is 1220. The molecular weight excluding hydrogens is 547 g/mol. The molecule has 3 aromatic carbocycles. The second-order valence-electron chi connectivity index (χ2n) is 9.99. The number of hydrogen-bond acceptors (Lipinski definition) is 5. The summed E-state index contributed by atoms with van der Waals surface area (Å²) in [6.45, 7) is 7.26. The molecule has 0 fully saturated rings. The molecule has 3 aromatic rings. The summed E-state index contributed by atoms with van der Waals surface area (Å²) in [7, 11) is 0. The maximum absolute atomic E-state index is 12.8. The average molecular weight is 586 g/mol. The fourth-order valence-electron chi connectivity index (χ4n) is 3.96. The second-order valence-corrected chi connectivity index (χ2v) is 10.8. The van der Waals surface area contributed by atoms with Gasteiger partial charge in [0.2, 0.25) is 0 Å². The largest absolute Gasteiger partial charge is 0.494 e. The Hall–Kier alpha value is -3.02. The summed E-state index contributed by atoms with van der Waals surface area (Å²) >= 11 is 12.6. The third kappa shape index (κ3) is 9.57. The zero-order valence-corrected chi connectivity index (χ0v) is 25.0. The second kappa shape index (κ2) is 16.3. The Morgan fingerprint density at radius 2 is 1.32 bits per heavy atom. The summed E-state index contributed by atoms with van der Waals surface area (Å²) in [5.41, 5.74) is 2.50. The monoisotopic (exact) mass is 584 g/mol. The first-order chi connectivity index (χ1) is 19.3. The van der Waals surface area contributed by atoms with E-state index >= 15 is 0 Å². The van der Waals surface area contributed by atoms with Crippen molar-refractivity contribution in [1.82, 2.24) is 0 Å². The zero-order valence-electron chi connectivity index (χ0n) is 23.5. The van der Waals surface area contributed by atoms with Crippen LogP contribution < -0.4 is 9.47 Å². The van der Waals surface area contributed by atoms with Gasteiger partial charge in [-0.05, 0) is 59.9 Å². The molecule has 0 radical (unpaired) electrons. The Labute approximate surface area is 247 Å². The average Bonchev–Trinajstić information content (AvgIpc) is 2.97.